The van der Waals surface area contributed by atoms with E-state index in [0.717, 1.165) is 61.2 Å². The van der Waals surface area contributed by atoms with Crippen LogP contribution in [0.25, 0.3) is 0 Å². The molecule has 0 fully saturated rings. The number of halogens is 2. The summed E-state index contributed by atoms with van der Waals surface area (Å²) in [6, 6.07) is 9.00. The van der Waals surface area contributed by atoms with Crippen LogP contribution in [0.1, 0.15) is 111 Å². The fourth-order valence-electron chi connectivity index (χ4n) is 4.75. The van der Waals surface area contributed by atoms with Gasteiger partial charge in [-0.05, 0) is 84.7 Å². The molecule has 0 N–H and O–H groups in total. The fourth-order valence-corrected chi connectivity index (χ4v) is 5.13. The molecule has 2 bridgehead atoms. The Bertz CT molecular complexity index is 893. The van der Waals surface area contributed by atoms with Crippen molar-refractivity contribution in [2.24, 2.45) is 0 Å². The SMILES string of the molecule is CC(C)c1cc(CCCCCl)cc2c1OC1OC2Oc2c(C(C)C)cc(CCCCCl)cc21. The summed E-state index contributed by atoms with van der Waals surface area (Å²) >= 11 is 11.8. The van der Waals surface area contributed by atoms with Gasteiger partial charge < -0.3 is 9.47 Å². The topological polar surface area (TPSA) is 27.7 Å². The van der Waals surface area contributed by atoms with E-state index in [-0.39, 0.29) is 0 Å². The largest absolute Gasteiger partial charge is 0.459 e. The summed E-state index contributed by atoms with van der Waals surface area (Å²) in [5.74, 6) is 3.94. The smallest absolute Gasteiger partial charge is 0.233 e. The number of unbranched alkanes of at least 4 members (excludes halogenated alkanes) is 2. The summed E-state index contributed by atoms with van der Waals surface area (Å²) in [5.41, 5.74) is 7.04. The third kappa shape index (κ3) is 5.31. The van der Waals surface area contributed by atoms with Gasteiger partial charge in [-0.15, -0.1) is 23.2 Å². The second-order valence-corrected chi connectivity index (χ2v) is 10.6. The molecule has 0 aromatic heterocycles. The van der Waals surface area contributed by atoms with Gasteiger partial charge in [-0.3, -0.25) is 4.74 Å². The first-order chi connectivity index (χ1) is 15.9. The lowest BCUT2D eigenvalue weighted by molar-refractivity contribution is -0.228. The van der Waals surface area contributed by atoms with Crippen LogP contribution in [0.2, 0.25) is 0 Å². The molecule has 5 heteroatoms. The van der Waals surface area contributed by atoms with E-state index in [0.29, 0.717) is 23.6 Å². The third-order valence-electron chi connectivity index (χ3n) is 6.56. The lowest BCUT2D eigenvalue weighted by atomic mass is 9.91. The van der Waals surface area contributed by atoms with Gasteiger partial charge in [0.05, 0.1) is 11.1 Å². The van der Waals surface area contributed by atoms with Crippen LogP contribution >= 0.6 is 23.2 Å². The number of hydrogen-bond acceptors (Lipinski definition) is 3. The van der Waals surface area contributed by atoms with Crippen LogP contribution in [0.15, 0.2) is 24.3 Å². The maximum atomic E-state index is 6.57. The van der Waals surface area contributed by atoms with Crippen LogP contribution in [-0.2, 0) is 17.6 Å². The maximum Gasteiger partial charge on any atom is 0.233 e. The van der Waals surface area contributed by atoms with E-state index in [2.05, 4.69) is 52.0 Å². The number of aryl methyl sites for hydroxylation is 2. The van der Waals surface area contributed by atoms with Crippen molar-refractivity contribution in [3.8, 4) is 11.5 Å². The molecule has 2 aromatic rings. The van der Waals surface area contributed by atoms with Crippen LogP contribution in [0, 0.1) is 0 Å². The van der Waals surface area contributed by atoms with Gasteiger partial charge in [0.25, 0.3) is 0 Å². The summed E-state index contributed by atoms with van der Waals surface area (Å²) in [4.78, 5) is 0. The van der Waals surface area contributed by atoms with Crippen molar-refractivity contribution in [3.05, 3.63) is 57.6 Å². The van der Waals surface area contributed by atoms with E-state index >= 15 is 0 Å². The molecule has 4 rings (SSSR count). The highest BCUT2D eigenvalue weighted by molar-refractivity contribution is 6.18. The molecule has 0 radical (unpaired) electrons. The van der Waals surface area contributed by atoms with Crippen molar-refractivity contribution in [1.82, 2.24) is 0 Å². The average Bonchev–Trinajstić information content (AvgIpc) is 2.79. The standard InChI is InChI=1S/C28H36Cl2O3/c1-17(2)21-13-19(9-5-7-11-29)15-23-25(21)31-28-24-16-20(10-6-8-12-30)14-22(18(3)4)26(24)32-27(23)33-28/h13-18,27-28H,5-12H2,1-4H3. The number of benzene rings is 2. The van der Waals surface area contributed by atoms with Crippen molar-refractivity contribution in [2.75, 3.05) is 11.8 Å². The van der Waals surface area contributed by atoms with E-state index < -0.39 is 12.6 Å². The highest BCUT2D eigenvalue weighted by Crippen LogP contribution is 2.52. The molecular weight excluding hydrogens is 455 g/mol. The molecule has 3 nitrogen and oxygen atoms in total. The molecule has 2 aliphatic rings. The van der Waals surface area contributed by atoms with Crippen LogP contribution in [0.3, 0.4) is 0 Å². The van der Waals surface area contributed by atoms with Gasteiger partial charge in [-0.25, -0.2) is 0 Å². The highest BCUT2D eigenvalue weighted by Gasteiger charge is 2.40. The zero-order valence-electron chi connectivity index (χ0n) is 20.3. The highest BCUT2D eigenvalue weighted by atomic mass is 35.5. The molecule has 2 heterocycles. The van der Waals surface area contributed by atoms with Crippen LogP contribution in [0.5, 0.6) is 11.5 Å². The molecule has 2 aliphatic heterocycles. The number of alkyl halides is 2. The molecule has 0 spiro atoms. The average molecular weight is 491 g/mol. The summed E-state index contributed by atoms with van der Waals surface area (Å²) in [6.07, 6.45) is 5.27. The monoisotopic (exact) mass is 490 g/mol. The first-order valence-electron chi connectivity index (χ1n) is 12.4. The maximum absolute atomic E-state index is 6.57. The Hall–Kier alpha value is -1.42. The zero-order chi connectivity index (χ0) is 23.5. The minimum absolute atomic E-state index is 0.345. The molecule has 2 unspecified atom stereocenters. The summed E-state index contributed by atoms with van der Waals surface area (Å²) in [5, 5.41) is 0. The molecule has 0 saturated carbocycles. The van der Waals surface area contributed by atoms with Gasteiger partial charge in [-0.2, -0.15) is 0 Å². The van der Waals surface area contributed by atoms with Crippen molar-refractivity contribution in [1.29, 1.82) is 0 Å². The molecule has 0 saturated heterocycles. The summed E-state index contributed by atoms with van der Waals surface area (Å²) < 4.78 is 19.5. The van der Waals surface area contributed by atoms with Crippen LogP contribution in [-0.4, -0.2) is 11.8 Å². The number of rotatable bonds is 10. The minimum Gasteiger partial charge on any atom is -0.459 e. The number of hydrogen-bond donors (Lipinski definition) is 0. The molecule has 2 atom stereocenters. The van der Waals surface area contributed by atoms with Gasteiger partial charge in [-0.1, -0.05) is 39.8 Å². The third-order valence-corrected chi connectivity index (χ3v) is 7.09. The Morgan fingerprint density at radius 1 is 0.667 bits per heavy atom. The Morgan fingerprint density at radius 3 is 1.45 bits per heavy atom. The van der Waals surface area contributed by atoms with Crippen molar-refractivity contribution < 1.29 is 14.2 Å². The van der Waals surface area contributed by atoms with Crippen molar-refractivity contribution in [3.63, 3.8) is 0 Å². The van der Waals surface area contributed by atoms with Gasteiger partial charge in [0.15, 0.2) is 0 Å². The predicted octanol–water partition coefficient (Wildman–Crippen LogP) is 8.56. The Labute approximate surface area is 208 Å². The lowest BCUT2D eigenvalue weighted by Crippen LogP contribution is -2.32. The van der Waals surface area contributed by atoms with Gasteiger partial charge in [0.2, 0.25) is 12.6 Å². The Kier molecular flexibility index (Phi) is 8.15. The number of ether oxygens (including phenoxy) is 3. The van der Waals surface area contributed by atoms with Crippen LogP contribution in [0.4, 0.5) is 0 Å². The minimum atomic E-state index is -0.448. The second kappa shape index (κ2) is 10.9. The molecule has 0 amide bonds. The van der Waals surface area contributed by atoms with Crippen LogP contribution < -0.4 is 9.47 Å². The van der Waals surface area contributed by atoms with E-state index in [1.165, 1.54) is 22.3 Å². The molecule has 0 aliphatic carbocycles. The number of fused-ring (bicyclic) bond motifs is 6. The van der Waals surface area contributed by atoms with Crippen molar-refractivity contribution in [2.45, 2.75) is 90.6 Å². The van der Waals surface area contributed by atoms with E-state index in [4.69, 9.17) is 37.4 Å². The Balaban J connectivity index is 1.72. The second-order valence-electron chi connectivity index (χ2n) is 9.84. The predicted molar refractivity (Wildman–Crippen MR) is 136 cm³/mol. The summed E-state index contributed by atoms with van der Waals surface area (Å²) in [7, 11) is 0. The van der Waals surface area contributed by atoms with E-state index in [1.807, 2.05) is 0 Å². The Morgan fingerprint density at radius 2 is 1.09 bits per heavy atom. The summed E-state index contributed by atoms with van der Waals surface area (Å²) in [6.45, 7) is 8.86. The molecule has 2 aromatic carbocycles. The molecule has 180 valence electrons. The first kappa shape index (κ1) is 24.7. The first-order valence-corrected chi connectivity index (χ1v) is 13.4. The van der Waals surface area contributed by atoms with E-state index in [1.54, 1.807) is 0 Å². The van der Waals surface area contributed by atoms with Gasteiger partial charge >= 0.3 is 0 Å². The van der Waals surface area contributed by atoms with Crippen molar-refractivity contribution >= 4 is 23.2 Å². The fraction of sp³-hybridized carbons (Fsp3) is 0.571. The van der Waals surface area contributed by atoms with E-state index in [9.17, 15) is 0 Å². The lowest BCUT2D eigenvalue weighted by Gasteiger charge is -2.40. The normalized spacial score (nSPS) is 18.7. The van der Waals surface area contributed by atoms with Gasteiger partial charge in [0, 0.05) is 11.8 Å². The molecular formula is C28H36Cl2O3. The quantitative estimate of drug-likeness (QED) is 0.246. The zero-order valence-corrected chi connectivity index (χ0v) is 21.8. The van der Waals surface area contributed by atoms with Gasteiger partial charge in [0.1, 0.15) is 11.5 Å². The molecule has 33 heavy (non-hydrogen) atoms.